The first-order valence-corrected chi connectivity index (χ1v) is 15.2. The molecule has 0 bridgehead atoms. The average Bonchev–Trinajstić information content (AvgIpc) is 2.89. The van der Waals surface area contributed by atoms with Gasteiger partial charge >= 0.3 is 0 Å². The molecule has 2 heteroatoms. The van der Waals surface area contributed by atoms with Crippen LogP contribution in [0, 0.1) is 67.0 Å². The number of hydrogen-bond donors (Lipinski definition) is 0. The van der Waals surface area contributed by atoms with E-state index in [0.29, 0.717) is 0 Å². The molecule has 0 unspecified atom stereocenters. The number of aryl methyl sites for hydroxylation is 6. The number of rotatable bonds is 10. The van der Waals surface area contributed by atoms with E-state index in [9.17, 15) is 8.78 Å². The largest absolute Gasteiger partial charge is 0.207 e. The molecule has 0 N–H and O–H groups in total. The lowest BCUT2D eigenvalue weighted by Crippen LogP contribution is -1.99. The van der Waals surface area contributed by atoms with Crippen molar-refractivity contribution in [2.24, 2.45) is 0 Å². The number of halogens is 2. The van der Waals surface area contributed by atoms with Gasteiger partial charge in [0.25, 0.3) is 0 Å². The lowest BCUT2D eigenvalue weighted by molar-refractivity contribution is 0.612. The normalized spacial score (nSPS) is 11.4. The van der Waals surface area contributed by atoms with Crippen LogP contribution in [0.25, 0.3) is 22.3 Å². The van der Waals surface area contributed by atoms with Crippen LogP contribution in [-0.2, 0) is 12.8 Å². The quantitative estimate of drug-likeness (QED) is 0.172. The standard InChI is InChI=1S/C39H46F2/c1-24-20-34(40)21-25(2)38(24)36-18-16-32(28(5)30(36)7)14-12-10-9-11-13-15-33-17-19-37(31(8)29(33)6)39-26(3)22-35(41)23-27(39)4/h16-23H,9-15H2,1-8H3. The van der Waals surface area contributed by atoms with E-state index in [1.165, 1.54) is 87.7 Å². The molecule has 0 aliphatic rings. The average molecular weight is 553 g/mol. The highest BCUT2D eigenvalue weighted by atomic mass is 19.1. The topological polar surface area (TPSA) is 0 Å². The molecule has 4 rings (SSSR count). The van der Waals surface area contributed by atoms with Gasteiger partial charge in [-0.05, 0) is 183 Å². The van der Waals surface area contributed by atoms with Crippen LogP contribution >= 0.6 is 0 Å². The Kier molecular flexibility index (Phi) is 9.84. The minimum atomic E-state index is -0.162. The molecule has 0 nitrogen and oxygen atoms in total. The van der Waals surface area contributed by atoms with Crippen LogP contribution in [0.4, 0.5) is 8.78 Å². The Labute approximate surface area is 246 Å². The van der Waals surface area contributed by atoms with E-state index < -0.39 is 0 Å². The van der Waals surface area contributed by atoms with Crippen LogP contribution in [0.2, 0.25) is 0 Å². The fraction of sp³-hybridized carbons (Fsp3) is 0.385. The fourth-order valence-electron chi connectivity index (χ4n) is 6.67. The molecule has 0 radical (unpaired) electrons. The molecule has 0 heterocycles. The molecular weight excluding hydrogens is 506 g/mol. The van der Waals surface area contributed by atoms with E-state index >= 15 is 0 Å². The second-order valence-corrected chi connectivity index (χ2v) is 12.1. The van der Waals surface area contributed by atoms with Crippen molar-refractivity contribution < 1.29 is 8.78 Å². The molecule has 0 aromatic heterocycles. The Balaban J connectivity index is 1.29. The van der Waals surface area contributed by atoms with Crippen molar-refractivity contribution in [3.63, 3.8) is 0 Å². The Hall–Kier alpha value is -3.26. The van der Waals surface area contributed by atoms with Gasteiger partial charge in [0.1, 0.15) is 11.6 Å². The lowest BCUT2D eigenvalue weighted by Gasteiger charge is -2.18. The van der Waals surface area contributed by atoms with Crippen molar-refractivity contribution in [1.82, 2.24) is 0 Å². The summed E-state index contributed by atoms with van der Waals surface area (Å²) in [5.74, 6) is -0.324. The number of benzene rings is 4. The van der Waals surface area contributed by atoms with Gasteiger partial charge in [0, 0.05) is 0 Å². The molecule has 4 aromatic carbocycles. The lowest BCUT2D eigenvalue weighted by atomic mass is 9.87. The van der Waals surface area contributed by atoms with Crippen molar-refractivity contribution in [3.8, 4) is 22.3 Å². The highest BCUT2D eigenvalue weighted by Gasteiger charge is 2.15. The maximum absolute atomic E-state index is 13.8. The molecule has 0 aliphatic carbocycles. The van der Waals surface area contributed by atoms with Crippen LogP contribution in [0.3, 0.4) is 0 Å². The van der Waals surface area contributed by atoms with E-state index in [4.69, 9.17) is 0 Å². The molecule has 0 saturated heterocycles. The summed E-state index contributed by atoms with van der Waals surface area (Å²) in [6.07, 6.45) is 8.38. The first-order valence-electron chi connectivity index (χ1n) is 15.2. The van der Waals surface area contributed by atoms with Gasteiger partial charge in [0.2, 0.25) is 0 Å². The number of unbranched alkanes of at least 4 members (excludes halogenated alkanes) is 4. The van der Waals surface area contributed by atoms with Gasteiger partial charge in [-0.25, -0.2) is 8.78 Å². The summed E-state index contributed by atoms with van der Waals surface area (Å²) in [6, 6.07) is 15.6. The summed E-state index contributed by atoms with van der Waals surface area (Å²) < 4.78 is 27.7. The van der Waals surface area contributed by atoms with Gasteiger partial charge in [-0.15, -0.1) is 0 Å². The van der Waals surface area contributed by atoms with Crippen molar-refractivity contribution in [1.29, 1.82) is 0 Å². The molecule has 0 aliphatic heterocycles. The molecule has 216 valence electrons. The first kappa shape index (κ1) is 30.7. The zero-order valence-electron chi connectivity index (χ0n) is 26.3. The highest BCUT2D eigenvalue weighted by molar-refractivity contribution is 5.76. The third-order valence-corrected chi connectivity index (χ3v) is 9.22. The zero-order chi connectivity index (χ0) is 29.8. The maximum Gasteiger partial charge on any atom is 0.123 e. The Bertz CT molecular complexity index is 1390. The van der Waals surface area contributed by atoms with Crippen molar-refractivity contribution in [3.05, 3.63) is 116 Å². The summed E-state index contributed by atoms with van der Waals surface area (Å²) in [4.78, 5) is 0. The van der Waals surface area contributed by atoms with E-state index in [2.05, 4.69) is 52.0 Å². The minimum absolute atomic E-state index is 0.162. The second-order valence-electron chi connectivity index (χ2n) is 12.1. The molecule has 0 atom stereocenters. The SMILES string of the molecule is Cc1cc(F)cc(C)c1-c1ccc(CCCCCCCc2ccc(-c3c(C)cc(F)cc3C)c(C)c2C)c(C)c1C. The van der Waals surface area contributed by atoms with Gasteiger partial charge in [0.15, 0.2) is 0 Å². The Morgan fingerprint density at radius 1 is 0.415 bits per heavy atom. The summed E-state index contributed by atoms with van der Waals surface area (Å²) in [6.45, 7) is 16.9. The Morgan fingerprint density at radius 3 is 1.07 bits per heavy atom. The van der Waals surface area contributed by atoms with Gasteiger partial charge in [-0.3, -0.25) is 0 Å². The molecule has 41 heavy (non-hydrogen) atoms. The first-order chi connectivity index (χ1) is 19.5. The molecule has 0 saturated carbocycles. The third kappa shape index (κ3) is 6.80. The third-order valence-electron chi connectivity index (χ3n) is 9.22. The van der Waals surface area contributed by atoms with Crippen molar-refractivity contribution in [2.45, 2.75) is 100 Å². The van der Waals surface area contributed by atoms with Gasteiger partial charge in [-0.2, -0.15) is 0 Å². The van der Waals surface area contributed by atoms with Crippen LogP contribution in [-0.4, -0.2) is 0 Å². The predicted octanol–water partition coefficient (Wildman–Crippen LogP) is 11.5. The molecular formula is C39H46F2. The van der Waals surface area contributed by atoms with E-state index in [0.717, 1.165) is 35.1 Å². The van der Waals surface area contributed by atoms with Gasteiger partial charge < -0.3 is 0 Å². The van der Waals surface area contributed by atoms with Crippen LogP contribution < -0.4 is 0 Å². The maximum atomic E-state index is 13.8. The van der Waals surface area contributed by atoms with Crippen molar-refractivity contribution in [2.75, 3.05) is 0 Å². The van der Waals surface area contributed by atoms with Crippen LogP contribution in [0.1, 0.15) is 87.7 Å². The monoisotopic (exact) mass is 552 g/mol. The molecule has 0 fully saturated rings. The Morgan fingerprint density at radius 2 is 0.732 bits per heavy atom. The summed E-state index contributed by atoms with van der Waals surface area (Å²) >= 11 is 0. The summed E-state index contributed by atoms with van der Waals surface area (Å²) in [7, 11) is 0. The van der Waals surface area contributed by atoms with E-state index in [-0.39, 0.29) is 11.6 Å². The predicted molar refractivity (Wildman–Crippen MR) is 172 cm³/mol. The smallest absolute Gasteiger partial charge is 0.123 e. The highest BCUT2D eigenvalue weighted by Crippen LogP contribution is 2.35. The van der Waals surface area contributed by atoms with E-state index in [1.807, 2.05) is 27.7 Å². The molecule has 0 amide bonds. The summed E-state index contributed by atoms with van der Waals surface area (Å²) in [5, 5.41) is 0. The van der Waals surface area contributed by atoms with Crippen LogP contribution in [0.15, 0.2) is 48.5 Å². The number of hydrogen-bond acceptors (Lipinski definition) is 0. The van der Waals surface area contributed by atoms with E-state index in [1.54, 1.807) is 24.3 Å². The fourth-order valence-corrected chi connectivity index (χ4v) is 6.67. The van der Waals surface area contributed by atoms with Crippen LogP contribution in [0.5, 0.6) is 0 Å². The molecule has 4 aromatic rings. The van der Waals surface area contributed by atoms with Gasteiger partial charge in [0.05, 0.1) is 0 Å². The zero-order valence-corrected chi connectivity index (χ0v) is 26.3. The summed E-state index contributed by atoms with van der Waals surface area (Å²) in [5.41, 5.74) is 17.0. The second kappa shape index (κ2) is 13.1. The van der Waals surface area contributed by atoms with Crippen molar-refractivity contribution >= 4 is 0 Å². The molecule has 0 spiro atoms. The minimum Gasteiger partial charge on any atom is -0.207 e. The van der Waals surface area contributed by atoms with Gasteiger partial charge in [-0.1, -0.05) is 43.5 Å².